The van der Waals surface area contributed by atoms with Gasteiger partial charge in [-0.2, -0.15) is 0 Å². The van der Waals surface area contributed by atoms with Crippen molar-refractivity contribution < 1.29 is 22.3 Å². The molecule has 0 rings (SSSR count). The molecular weight excluding hydrogens is 161 g/mol. The minimum Gasteiger partial charge on any atom is -1.00 e. The minimum atomic E-state index is 0. The van der Waals surface area contributed by atoms with E-state index in [0.717, 1.165) is 0 Å². The van der Waals surface area contributed by atoms with Crippen LogP contribution >= 0.6 is 24.8 Å². The molecule has 0 radical (unpaired) electrons. The Morgan fingerprint density at radius 2 is 1.00 bits per heavy atom. The van der Waals surface area contributed by atoms with Gasteiger partial charge in [0.1, 0.15) is 0 Å². The van der Waals surface area contributed by atoms with Gasteiger partial charge < -0.3 is 2.85 Å². The van der Waals surface area contributed by atoms with Crippen LogP contribution in [0.15, 0.2) is 0 Å². The summed E-state index contributed by atoms with van der Waals surface area (Å²) >= 11 is 0. The Morgan fingerprint density at radius 1 is 1.00 bits per heavy atom. The Labute approximate surface area is 69.8 Å². The van der Waals surface area contributed by atoms with Crippen LogP contribution in [0.4, 0.5) is 0 Å². The molecule has 0 bridgehead atoms. The topological polar surface area (TPSA) is 0 Å². The van der Waals surface area contributed by atoms with Crippen molar-refractivity contribution in [1.29, 1.82) is 0 Å². The van der Waals surface area contributed by atoms with Crippen molar-refractivity contribution in [2.75, 3.05) is 0 Å². The van der Waals surface area contributed by atoms with Gasteiger partial charge in [-0.25, -0.2) is 0 Å². The number of hydrogen-bond acceptors (Lipinski definition) is 0. The maximum absolute atomic E-state index is 0. The first-order valence-corrected chi connectivity index (χ1v) is 0. The second-order valence-corrected chi connectivity index (χ2v) is 0. The SMILES string of the molecule is Cl.Cl.[H-].[H-].[Mg+2].[Zn]. The van der Waals surface area contributed by atoms with Gasteiger partial charge in [-0.05, 0) is 0 Å². The average Bonchev–Trinajstić information content (AvgIpc) is 0. The van der Waals surface area contributed by atoms with Crippen LogP contribution in [0.1, 0.15) is 2.85 Å². The van der Waals surface area contributed by atoms with Gasteiger partial charge in [0.05, 0.1) is 0 Å². The molecule has 0 N–H and O–H groups in total. The summed E-state index contributed by atoms with van der Waals surface area (Å²) in [7, 11) is 0. The van der Waals surface area contributed by atoms with Gasteiger partial charge in [-0.3, -0.25) is 0 Å². The summed E-state index contributed by atoms with van der Waals surface area (Å²) < 4.78 is 0. The van der Waals surface area contributed by atoms with E-state index in [-0.39, 0.29) is 70.2 Å². The van der Waals surface area contributed by atoms with E-state index in [4.69, 9.17) is 0 Å². The van der Waals surface area contributed by atoms with Gasteiger partial charge in [0, 0.05) is 19.5 Å². The van der Waals surface area contributed by atoms with Crippen LogP contribution < -0.4 is 0 Å². The van der Waals surface area contributed by atoms with Crippen molar-refractivity contribution in [3.63, 3.8) is 0 Å². The second-order valence-electron chi connectivity index (χ2n) is 0. The van der Waals surface area contributed by atoms with E-state index in [1.807, 2.05) is 0 Å². The fourth-order valence-electron chi connectivity index (χ4n) is 0. The summed E-state index contributed by atoms with van der Waals surface area (Å²) in [6, 6.07) is 0. The van der Waals surface area contributed by atoms with E-state index in [2.05, 4.69) is 0 Å². The molecule has 0 saturated carbocycles. The van der Waals surface area contributed by atoms with E-state index in [0.29, 0.717) is 0 Å². The van der Waals surface area contributed by atoms with Gasteiger partial charge in [0.2, 0.25) is 0 Å². The van der Waals surface area contributed by atoms with Crippen LogP contribution in [0, 0.1) is 0 Å². The molecule has 0 aromatic rings. The third-order valence-corrected chi connectivity index (χ3v) is 0. The normalized spacial score (nSPS) is 0. The van der Waals surface area contributed by atoms with Crippen LogP contribution in [0.5, 0.6) is 0 Å². The van der Waals surface area contributed by atoms with Crippen LogP contribution in [0.3, 0.4) is 0 Å². The van der Waals surface area contributed by atoms with E-state index >= 15 is 0 Å². The fourth-order valence-corrected chi connectivity index (χ4v) is 0. The molecule has 0 heterocycles. The van der Waals surface area contributed by atoms with Crippen molar-refractivity contribution in [2.45, 2.75) is 0 Å². The number of halogens is 2. The molecule has 4 heavy (non-hydrogen) atoms. The molecule has 0 spiro atoms. The number of hydrogen-bond donors (Lipinski definition) is 0. The Bertz CT molecular complexity index is 11.5. The summed E-state index contributed by atoms with van der Waals surface area (Å²) in [5.41, 5.74) is 0. The summed E-state index contributed by atoms with van der Waals surface area (Å²) in [5.74, 6) is 0. The van der Waals surface area contributed by atoms with E-state index < -0.39 is 0 Å². The van der Waals surface area contributed by atoms with Crippen molar-refractivity contribution >= 4 is 47.9 Å². The van der Waals surface area contributed by atoms with Crippen molar-refractivity contribution in [2.24, 2.45) is 0 Å². The third-order valence-electron chi connectivity index (χ3n) is 0. The van der Waals surface area contributed by atoms with Crippen LogP contribution in [-0.2, 0) is 19.5 Å². The smallest absolute Gasteiger partial charge is 1.00 e. The van der Waals surface area contributed by atoms with Gasteiger partial charge in [0.25, 0.3) is 0 Å². The first kappa shape index (κ1) is 38.0. The Morgan fingerprint density at radius 3 is 1.00 bits per heavy atom. The van der Waals surface area contributed by atoms with Crippen LogP contribution in [0.25, 0.3) is 0 Å². The molecule has 22 valence electrons. The van der Waals surface area contributed by atoms with Crippen LogP contribution in [-0.4, -0.2) is 23.1 Å². The zero-order valence-electron chi connectivity index (χ0n) is 4.23. The monoisotopic (exact) mass is 162 g/mol. The molecule has 0 aromatic carbocycles. The predicted octanol–water partition coefficient (Wildman–Crippen LogP) is 0.685. The Kier molecular flexibility index (Phi) is 192. The predicted molar refractivity (Wildman–Crippen MR) is 22.5 cm³/mol. The summed E-state index contributed by atoms with van der Waals surface area (Å²) in [4.78, 5) is 0. The molecule has 0 saturated heterocycles. The number of rotatable bonds is 0. The second kappa shape index (κ2) is 20.2. The van der Waals surface area contributed by atoms with E-state index in [9.17, 15) is 0 Å². The molecule has 0 aromatic heterocycles. The third kappa shape index (κ3) is 9.02. The molecule has 0 aliphatic heterocycles. The first-order valence-electron chi connectivity index (χ1n) is 0. The van der Waals surface area contributed by atoms with Crippen molar-refractivity contribution in [3.8, 4) is 0 Å². The molecule has 0 amide bonds. The van der Waals surface area contributed by atoms with Gasteiger partial charge in [-0.1, -0.05) is 0 Å². The zero-order valence-corrected chi connectivity index (χ0v) is 8.25. The minimum absolute atomic E-state index is 0. The molecule has 0 fully saturated rings. The fraction of sp³-hybridized carbons (Fsp3) is 0. The zero-order chi connectivity index (χ0) is 0. The largest absolute Gasteiger partial charge is 2.00 e. The molecular formula is H4Cl2MgZn. The molecule has 0 nitrogen and oxygen atoms in total. The molecule has 4 heteroatoms. The van der Waals surface area contributed by atoms with Gasteiger partial charge >= 0.3 is 23.1 Å². The van der Waals surface area contributed by atoms with Crippen LogP contribution in [0.2, 0.25) is 0 Å². The summed E-state index contributed by atoms with van der Waals surface area (Å²) in [6.45, 7) is 0. The average molecular weight is 165 g/mol. The van der Waals surface area contributed by atoms with Gasteiger partial charge in [-0.15, -0.1) is 24.8 Å². The standard InChI is InChI=1S/2ClH.Mg.Zn.2H/h2*1H;;;;/q;;+2;;2*-1. The summed E-state index contributed by atoms with van der Waals surface area (Å²) in [5, 5.41) is 0. The Hall–Kier alpha value is 1.97. The summed E-state index contributed by atoms with van der Waals surface area (Å²) in [6.07, 6.45) is 0. The molecule has 0 aliphatic carbocycles. The van der Waals surface area contributed by atoms with Crippen molar-refractivity contribution in [3.05, 3.63) is 0 Å². The Balaban J connectivity index is 0. The molecule has 0 unspecified atom stereocenters. The maximum atomic E-state index is 0. The van der Waals surface area contributed by atoms with Gasteiger partial charge in [0.15, 0.2) is 0 Å². The maximum Gasteiger partial charge on any atom is 2.00 e. The molecule has 0 atom stereocenters. The molecule has 0 aliphatic rings. The van der Waals surface area contributed by atoms with Crippen molar-refractivity contribution in [1.82, 2.24) is 0 Å². The van der Waals surface area contributed by atoms with E-state index in [1.165, 1.54) is 0 Å². The first-order chi connectivity index (χ1) is 0. The quantitative estimate of drug-likeness (QED) is 0.462. The van der Waals surface area contributed by atoms with E-state index in [1.54, 1.807) is 0 Å².